The van der Waals surface area contributed by atoms with E-state index >= 15 is 0 Å². The van der Waals surface area contributed by atoms with Crippen molar-refractivity contribution in [3.05, 3.63) is 26.7 Å². The number of carboxylic acids is 1. The largest absolute Gasteiger partial charge is 0.481 e. The highest BCUT2D eigenvalue weighted by Crippen LogP contribution is 2.09. The van der Waals surface area contributed by atoms with Crippen LogP contribution < -0.4 is 11.2 Å². The molecule has 0 fully saturated rings. The third-order valence-corrected chi connectivity index (χ3v) is 3.53. The third-order valence-electron chi connectivity index (χ3n) is 3.53. The summed E-state index contributed by atoms with van der Waals surface area (Å²) in [6.45, 7) is 2.44. The van der Waals surface area contributed by atoms with Gasteiger partial charge in [0.1, 0.15) is 11.3 Å². The summed E-state index contributed by atoms with van der Waals surface area (Å²) >= 11 is 0. The van der Waals surface area contributed by atoms with Gasteiger partial charge in [0.25, 0.3) is 5.56 Å². The van der Waals surface area contributed by atoms with Crippen molar-refractivity contribution < 1.29 is 9.90 Å². The molecule has 0 aliphatic heterocycles. The maximum atomic E-state index is 12.1. The number of nitrogens with zero attached hydrogens (tertiary/aromatic N) is 3. The monoisotopic (exact) mass is 308 g/mol. The molecule has 8 heteroatoms. The Bertz CT molecular complexity index is 800. The fraction of sp³-hybridized carbons (Fsp3) is 0.571. The minimum atomic E-state index is -0.824. The molecule has 0 saturated carbocycles. The number of aryl methyl sites for hydroxylation is 2. The van der Waals surface area contributed by atoms with Gasteiger partial charge in [0.2, 0.25) is 0 Å². The molecule has 0 spiro atoms. The number of aromatic amines is 1. The first-order valence-corrected chi connectivity index (χ1v) is 7.36. The maximum Gasteiger partial charge on any atom is 0.332 e. The lowest BCUT2D eigenvalue weighted by Crippen LogP contribution is -2.38. The van der Waals surface area contributed by atoms with Crippen molar-refractivity contribution in [3.63, 3.8) is 0 Å². The van der Waals surface area contributed by atoms with E-state index in [0.29, 0.717) is 42.8 Å². The molecule has 2 aromatic rings. The molecule has 2 heterocycles. The Balaban J connectivity index is 2.34. The fourth-order valence-corrected chi connectivity index (χ4v) is 2.39. The SMILES string of the molecule is CCCn1c(=O)n(C)c(=O)c2[nH]c(CCCCC(=O)O)nc21. The number of unbranched alkanes of at least 4 members (excludes halogenated alkanes) is 1. The second-order valence-corrected chi connectivity index (χ2v) is 5.28. The summed E-state index contributed by atoms with van der Waals surface area (Å²) in [5.74, 6) is -0.219. The molecule has 0 aromatic carbocycles. The molecule has 2 N–H and O–H groups in total. The second kappa shape index (κ2) is 6.59. The van der Waals surface area contributed by atoms with Crippen LogP contribution in [-0.4, -0.2) is 30.2 Å². The first-order chi connectivity index (χ1) is 10.5. The van der Waals surface area contributed by atoms with Crippen molar-refractivity contribution in [3.8, 4) is 0 Å². The van der Waals surface area contributed by atoms with Gasteiger partial charge in [-0.05, 0) is 19.3 Å². The Morgan fingerprint density at radius 3 is 2.68 bits per heavy atom. The molecule has 0 amide bonds. The van der Waals surface area contributed by atoms with Gasteiger partial charge in [0.15, 0.2) is 5.65 Å². The maximum absolute atomic E-state index is 12.1. The van der Waals surface area contributed by atoms with Gasteiger partial charge in [-0.15, -0.1) is 0 Å². The van der Waals surface area contributed by atoms with Crippen molar-refractivity contribution in [2.24, 2.45) is 7.05 Å². The number of imidazole rings is 1. The van der Waals surface area contributed by atoms with Crippen molar-refractivity contribution in [1.82, 2.24) is 19.1 Å². The van der Waals surface area contributed by atoms with E-state index in [1.807, 2.05) is 6.92 Å². The molecule has 0 aliphatic rings. The minimum Gasteiger partial charge on any atom is -0.481 e. The Morgan fingerprint density at radius 1 is 1.32 bits per heavy atom. The van der Waals surface area contributed by atoms with Crippen LogP contribution in [0.3, 0.4) is 0 Å². The van der Waals surface area contributed by atoms with E-state index in [2.05, 4.69) is 9.97 Å². The number of carbonyl (C=O) groups is 1. The number of aliphatic carboxylic acids is 1. The van der Waals surface area contributed by atoms with Gasteiger partial charge in [-0.3, -0.25) is 18.7 Å². The molecular weight excluding hydrogens is 288 g/mol. The van der Waals surface area contributed by atoms with E-state index < -0.39 is 11.5 Å². The van der Waals surface area contributed by atoms with E-state index in [1.165, 1.54) is 11.6 Å². The first-order valence-electron chi connectivity index (χ1n) is 7.36. The van der Waals surface area contributed by atoms with Gasteiger partial charge in [-0.2, -0.15) is 0 Å². The molecule has 0 unspecified atom stereocenters. The standard InChI is InChI=1S/C14H20N4O4/c1-3-8-18-12-11(13(21)17(2)14(18)22)15-9(16-12)6-4-5-7-10(19)20/h3-8H2,1-2H3,(H,15,16)(H,19,20). The van der Waals surface area contributed by atoms with Gasteiger partial charge in [0, 0.05) is 26.4 Å². The molecule has 0 aliphatic carbocycles. The number of carboxylic acid groups (broad SMARTS) is 1. The summed E-state index contributed by atoms with van der Waals surface area (Å²) < 4.78 is 2.57. The van der Waals surface area contributed by atoms with Gasteiger partial charge in [-0.25, -0.2) is 9.78 Å². The van der Waals surface area contributed by atoms with Crippen LogP contribution in [0.1, 0.15) is 38.4 Å². The normalized spacial score (nSPS) is 11.2. The third kappa shape index (κ3) is 3.10. The molecule has 2 rings (SSSR count). The van der Waals surface area contributed by atoms with Crippen molar-refractivity contribution in [2.75, 3.05) is 0 Å². The minimum absolute atomic E-state index is 0.114. The molecule has 0 radical (unpaired) electrons. The van der Waals surface area contributed by atoms with Crippen LogP contribution in [-0.2, 0) is 24.8 Å². The number of hydrogen-bond acceptors (Lipinski definition) is 4. The van der Waals surface area contributed by atoms with E-state index in [0.717, 1.165) is 11.0 Å². The predicted molar refractivity (Wildman–Crippen MR) is 81.1 cm³/mol. The summed E-state index contributed by atoms with van der Waals surface area (Å²) in [7, 11) is 1.45. The zero-order valence-electron chi connectivity index (χ0n) is 12.8. The first kappa shape index (κ1) is 16.0. The van der Waals surface area contributed by atoms with Gasteiger partial charge < -0.3 is 10.1 Å². The molecule has 120 valence electrons. The summed E-state index contributed by atoms with van der Waals surface area (Å²) in [5.41, 5.74) is -0.0631. The molecule has 0 bridgehead atoms. The number of H-pyrrole nitrogens is 1. The number of nitrogens with one attached hydrogen (secondary N) is 1. The van der Waals surface area contributed by atoms with Gasteiger partial charge >= 0.3 is 11.7 Å². The van der Waals surface area contributed by atoms with Gasteiger partial charge in [0.05, 0.1) is 0 Å². The Hall–Kier alpha value is -2.38. The molecule has 2 aromatic heterocycles. The highest BCUT2D eigenvalue weighted by molar-refractivity contribution is 5.69. The zero-order valence-corrected chi connectivity index (χ0v) is 12.8. The highest BCUT2D eigenvalue weighted by atomic mass is 16.4. The lowest BCUT2D eigenvalue weighted by molar-refractivity contribution is -0.137. The molecule has 0 saturated heterocycles. The number of fused-ring (bicyclic) bond motifs is 1. The fourth-order valence-electron chi connectivity index (χ4n) is 2.39. The van der Waals surface area contributed by atoms with Crippen molar-refractivity contribution in [2.45, 2.75) is 45.6 Å². The van der Waals surface area contributed by atoms with Gasteiger partial charge in [-0.1, -0.05) is 6.92 Å². The molecule has 22 heavy (non-hydrogen) atoms. The van der Waals surface area contributed by atoms with E-state index in [9.17, 15) is 14.4 Å². The molecule has 8 nitrogen and oxygen atoms in total. The zero-order chi connectivity index (χ0) is 16.3. The summed E-state index contributed by atoms with van der Waals surface area (Å²) in [5, 5.41) is 8.61. The van der Waals surface area contributed by atoms with Crippen LogP contribution in [0, 0.1) is 0 Å². The van der Waals surface area contributed by atoms with E-state index in [1.54, 1.807) is 0 Å². The predicted octanol–water partition coefficient (Wildman–Crippen LogP) is 0.631. The average molecular weight is 308 g/mol. The summed E-state index contributed by atoms with van der Waals surface area (Å²) in [4.78, 5) is 42.1. The number of aromatic nitrogens is 4. The van der Waals surface area contributed by atoms with Crippen LogP contribution in [0.5, 0.6) is 0 Å². The highest BCUT2D eigenvalue weighted by Gasteiger charge is 2.14. The van der Waals surface area contributed by atoms with Crippen LogP contribution in [0.15, 0.2) is 9.59 Å². The Morgan fingerprint density at radius 2 is 2.05 bits per heavy atom. The lowest BCUT2D eigenvalue weighted by atomic mass is 10.2. The topological polar surface area (TPSA) is 110 Å². The van der Waals surface area contributed by atoms with Crippen molar-refractivity contribution >= 4 is 17.1 Å². The van der Waals surface area contributed by atoms with E-state index in [4.69, 9.17) is 5.11 Å². The summed E-state index contributed by atoms with van der Waals surface area (Å²) in [6.07, 6.45) is 2.62. The van der Waals surface area contributed by atoms with Crippen LogP contribution in [0.4, 0.5) is 0 Å². The van der Waals surface area contributed by atoms with Crippen molar-refractivity contribution in [1.29, 1.82) is 0 Å². The Labute approximate surface area is 126 Å². The molecule has 0 atom stereocenters. The smallest absolute Gasteiger partial charge is 0.332 e. The number of rotatable bonds is 7. The van der Waals surface area contributed by atoms with Crippen LogP contribution in [0.2, 0.25) is 0 Å². The molecular formula is C14H20N4O4. The van der Waals surface area contributed by atoms with Crippen LogP contribution >= 0.6 is 0 Å². The Kier molecular flexibility index (Phi) is 4.79. The quantitative estimate of drug-likeness (QED) is 0.729. The lowest BCUT2D eigenvalue weighted by Gasteiger charge is -2.06. The average Bonchev–Trinajstić information content (AvgIpc) is 2.90. The summed E-state index contributed by atoms with van der Waals surface area (Å²) in [6, 6.07) is 0. The van der Waals surface area contributed by atoms with Crippen LogP contribution in [0.25, 0.3) is 11.2 Å². The number of hydrogen-bond donors (Lipinski definition) is 2. The van der Waals surface area contributed by atoms with E-state index in [-0.39, 0.29) is 12.1 Å². The second-order valence-electron chi connectivity index (χ2n) is 5.28.